The summed E-state index contributed by atoms with van der Waals surface area (Å²) in [6.07, 6.45) is 1.88. The quantitative estimate of drug-likeness (QED) is 0.157. The molecule has 1 aromatic heterocycles. The number of nitrogens with zero attached hydrogens (tertiary/aromatic N) is 2. The predicted octanol–water partition coefficient (Wildman–Crippen LogP) is 6.50. The molecule has 41 heavy (non-hydrogen) atoms. The Bertz CT molecular complexity index is 1820. The van der Waals surface area contributed by atoms with E-state index < -0.39 is 12.0 Å². The topological polar surface area (TPSA) is 69.9 Å². The molecule has 6 nitrogen and oxygen atoms in total. The lowest BCUT2D eigenvalue weighted by Crippen LogP contribution is -2.39. The molecular weight excluding hydrogens is 877 g/mol. The van der Waals surface area contributed by atoms with Crippen LogP contribution in [0.2, 0.25) is 0 Å². The molecule has 0 amide bonds. The number of carbonyl (C=O) groups is 1. The first-order chi connectivity index (χ1) is 19.7. The Morgan fingerprint density at radius 2 is 1.68 bits per heavy atom. The van der Waals surface area contributed by atoms with Gasteiger partial charge in [0.25, 0.3) is 5.56 Å². The summed E-state index contributed by atoms with van der Waals surface area (Å²) < 4.78 is 16.8. The van der Waals surface area contributed by atoms with Gasteiger partial charge in [-0.25, -0.2) is 9.79 Å². The van der Waals surface area contributed by atoms with Gasteiger partial charge >= 0.3 is 5.97 Å². The number of hydrogen-bond donors (Lipinski definition) is 0. The van der Waals surface area contributed by atoms with E-state index in [4.69, 9.17) is 9.47 Å². The van der Waals surface area contributed by atoms with Crippen LogP contribution in [0.5, 0.6) is 5.75 Å². The van der Waals surface area contributed by atoms with Crippen LogP contribution in [-0.4, -0.2) is 17.1 Å². The second-order valence-corrected chi connectivity index (χ2v) is 14.0. The van der Waals surface area contributed by atoms with Crippen molar-refractivity contribution in [2.75, 3.05) is 6.61 Å². The maximum Gasteiger partial charge on any atom is 0.338 e. The number of rotatable bonds is 7. The van der Waals surface area contributed by atoms with Crippen LogP contribution in [0.25, 0.3) is 6.08 Å². The molecule has 0 N–H and O–H groups in total. The lowest BCUT2D eigenvalue weighted by atomic mass is 9.95. The first-order valence-electron chi connectivity index (χ1n) is 12.8. The fourth-order valence-electron chi connectivity index (χ4n) is 4.54. The number of aryl methyl sites for hydroxylation is 1. The van der Waals surface area contributed by atoms with E-state index >= 15 is 0 Å². The third-order valence-electron chi connectivity index (χ3n) is 6.52. The first-order valence-corrected chi connectivity index (χ1v) is 16.8. The number of esters is 1. The predicted molar refractivity (Wildman–Crippen MR) is 187 cm³/mol. The molecule has 0 saturated heterocycles. The zero-order chi connectivity index (χ0) is 29.3. The summed E-state index contributed by atoms with van der Waals surface area (Å²) in [6, 6.07) is 19.5. The lowest BCUT2D eigenvalue weighted by Gasteiger charge is -2.24. The number of ether oxygens (including phenoxy) is 2. The van der Waals surface area contributed by atoms with Gasteiger partial charge in [-0.3, -0.25) is 9.36 Å². The molecule has 4 aromatic rings. The van der Waals surface area contributed by atoms with Gasteiger partial charge in [-0.05, 0) is 136 Å². The largest absolute Gasteiger partial charge is 0.487 e. The average Bonchev–Trinajstić information content (AvgIpc) is 3.23. The monoisotopic (exact) mass is 902 g/mol. The van der Waals surface area contributed by atoms with Crippen molar-refractivity contribution >= 4 is 91.2 Å². The standard InChI is InChI=1S/C31H25I3N2O4S/c1-4-39-30(38)26-18(3)35-31-36(27(26)21-9-5-17(2)6-10-21)29(37)25(41-31)15-20-13-23(33)28(24(34)14-20)40-16-19-7-11-22(32)12-8-19/h5-15,27H,4,16H2,1-3H3/b25-15+/t27-/m0/s1. The Morgan fingerprint density at radius 3 is 2.32 bits per heavy atom. The highest BCUT2D eigenvalue weighted by molar-refractivity contribution is 14.1. The van der Waals surface area contributed by atoms with Gasteiger partial charge in [0.1, 0.15) is 12.4 Å². The third kappa shape index (κ3) is 6.64. The van der Waals surface area contributed by atoms with E-state index in [1.165, 1.54) is 14.9 Å². The number of hydrogen-bond acceptors (Lipinski definition) is 6. The van der Waals surface area contributed by atoms with E-state index in [2.05, 4.69) is 97.0 Å². The maximum absolute atomic E-state index is 13.9. The molecule has 0 aliphatic carbocycles. The molecule has 0 spiro atoms. The molecule has 210 valence electrons. The minimum Gasteiger partial charge on any atom is -0.487 e. The van der Waals surface area contributed by atoms with E-state index in [9.17, 15) is 9.59 Å². The Balaban J connectivity index is 1.54. The summed E-state index contributed by atoms with van der Waals surface area (Å²) >= 11 is 8.16. The van der Waals surface area contributed by atoms with Gasteiger partial charge in [0.2, 0.25) is 0 Å². The second-order valence-electron chi connectivity index (χ2n) is 9.44. The Kier molecular flexibility index (Phi) is 9.71. The molecule has 0 fully saturated rings. The SMILES string of the molecule is CCOC(=O)C1=C(C)N=c2s/c(=C/c3cc(I)c(OCc4ccc(I)cc4)c(I)c3)c(=O)n2[C@H]1c1ccc(C)cc1. The molecule has 0 bridgehead atoms. The van der Waals surface area contributed by atoms with Crippen molar-refractivity contribution in [1.82, 2.24) is 4.57 Å². The van der Waals surface area contributed by atoms with Crippen molar-refractivity contribution in [3.8, 4) is 5.75 Å². The third-order valence-corrected chi connectivity index (χ3v) is 9.83. The minimum atomic E-state index is -0.620. The van der Waals surface area contributed by atoms with Crippen LogP contribution in [0.3, 0.4) is 0 Å². The first kappa shape index (κ1) is 30.4. The summed E-state index contributed by atoms with van der Waals surface area (Å²) in [4.78, 5) is 32.2. The minimum absolute atomic E-state index is 0.197. The van der Waals surface area contributed by atoms with E-state index in [1.807, 2.05) is 49.4 Å². The van der Waals surface area contributed by atoms with Crippen molar-refractivity contribution in [1.29, 1.82) is 0 Å². The van der Waals surface area contributed by atoms with E-state index in [1.54, 1.807) is 18.4 Å². The summed E-state index contributed by atoms with van der Waals surface area (Å²) in [6.45, 7) is 6.28. The van der Waals surface area contributed by atoms with Crippen LogP contribution >= 0.6 is 79.1 Å². The number of fused-ring (bicyclic) bond motifs is 1. The number of halogens is 3. The maximum atomic E-state index is 13.9. The van der Waals surface area contributed by atoms with Crippen molar-refractivity contribution in [3.05, 3.63) is 125 Å². The molecule has 1 aliphatic rings. The Hall–Kier alpha value is -2.04. The van der Waals surface area contributed by atoms with Gasteiger partial charge in [-0.2, -0.15) is 0 Å². The summed E-state index contributed by atoms with van der Waals surface area (Å²) in [7, 11) is 0. The van der Waals surface area contributed by atoms with Crippen LogP contribution in [0.4, 0.5) is 0 Å². The molecule has 5 rings (SSSR count). The molecule has 1 atom stereocenters. The van der Waals surface area contributed by atoms with Gasteiger partial charge in [0.15, 0.2) is 4.80 Å². The zero-order valence-corrected chi connectivity index (χ0v) is 29.7. The molecule has 0 saturated carbocycles. The van der Waals surface area contributed by atoms with Crippen molar-refractivity contribution < 1.29 is 14.3 Å². The summed E-state index contributed by atoms with van der Waals surface area (Å²) in [5.74, 6) is 0.357. The molecule has 0 radical (unpaired) electrons. The van der Waals surface area contributed by atoms with Gasteiger partial charge < -0.3 is 9.47 Å². The number of benzene rings is 3. The average molecular weight is 902 g/mol. The van der Waals surface area contributed by atoms with Crippen LogP contribution in [0.1, 0.15) is 42.1 Å². The van der Waals surface area contributed by atoms with Crippen LogP contribution in [-0.2, 0) is 16.1 Å². The number of thiazole rings is 1. The molecule has 2 heterocycles. The van der Waals surface area contributed by atoms with Crippen molar-refractivity contribution in [3.63, 3.8) is 0 Å². The second kappa shape index (κ2) is 13.1. The highest BCUT2D eigenvalue weighted by atomic mass is 127. The number of aromatic nitrogens is 1. The molecular formula is C31H25I3N2O4S. The van der Waals surface area contributed by atoms with E-state index in [0.29, 0.717) is 27.2 Å². The van der Waals surface area contributed by atoms with Gasteiger partial charge in [0.05, 0.1) is 35.6 Å². The summed E-state index contributed by atoms with van der Waals surface area (Å²) in [5.41, 5.74) is 4.65. The van der Waals surface area contributed by atoms with E-state index in [-0.39, 0.29) is 12.2 Å². The van der Waals surface area contributed by atoms with Gasteiger partial charge in [0, 0.05) is 3.57 Å². The lowest BCUT2D eigenvalue weighted by molar-refractivity contribution is -0.139. The smallest absolute Gasteiger partial charge is 0.338 e. The molecule has 10 heteroatoms. The van der Waals surface area contributed by atoms with Crippen molar-refractivity contribution in [2.45, 2.75) is 33.4 Å². The molecule has 3 aromatic carbocycles. The highest BCUT2D eigenvalue weighted by Gasteiger charge is 2.33. The fraction of sp³-hybridized carbons (Fsp3) is 0.194. The van der Waals surface area contributed by atoms with E-state index in [0.717, 1.165) is 35.1 Å². The normalized spacial score (nSPS) is 15.0. The Labute approximate surface area is 282 Å². The molecule has 0 unspecified atom stereocenters. The fourth-order valence-corrected chi connectivity index (χ4v) is 8.08. The number of carbonyl (C=O) groups excluding carboxylic acids is 1. The van der Waals surface area contributed by atoms with Crippen LogP contribution in [0, 0.1) is 17.6 Å². The Morgan fingerprint density at radius 1 is 1.02 bits per heavy atom. The van der Waals surface area contributed by atoms with Gasteiger partial charge in [-0.1, -0.05) is 53.3 Å². The highest BCUT2D eigenvalue weighted by Crippen LogP contribution is 2.32. The van der Waals surface area contributed by atoms with Crippen molar-refractivity contribution in [2.24, 2.45) is 4.99 Å². The van der Waals surface area contributed by atoms with Crippen LogP contribution in [0.15, 0.2) is 81.7 Å². The number of allylic oxidation sites excluding steroid dienone is 1. The van der Waals surface area contributed by atoms with Gasteiger partial charge in [-0.15, -0.1) is 0 Å². The summed E-state index contributed by atoms with van der Waals surface area (Å²) in [5, 5.41) is 0. The van der Waals surface area contributed by atoms with Crippen LogP contribution < -0.4 is 19.6 Å². The zero-order valence-electron chi connectivity index (χ0n) is 22.4. The molecule has 1 aliphatic heterocycles.